The van der Waals surface area contributed by atoms with Crippen molar-refractivity contribution in [2.75, 3.05) is 13.6 Å². The van der Waals surface area contributed by atoms with Crippen LogP contribution in [0.5, 0.6) is 0 Å². The maximum Gasteiger partial charge on any atom is 0.311 e. The molecule has 0 saturated heterocycles. The third-order valence-corrected chi connectivity index (χ3v) is 4.24. The summed E-state index contributed by atoms with van der Waals surface area (Å²) in [5.74, 6) is -1.57. The number of amides is 2. The van der Waals surface area contributed by atoms with Crippen LogP contribution in [0.2, 0.25) is 0 Å². The Kier molecular flexibility index (Phi) is 4.55. The van der Waals surface area contributed by atoms with Crippen LogP contribution in [0.1, 0.15) is 39.5 Å². The zero-order valence-corrected chi connectivity index (χ0v) is 11.7. The molecule has 1 fully saturated rings. The Morgan fingerprint density at radius 2 is 1.68 bits per heavy atom. The zero-order valence-electron chi connectivity index (χ0n) is 11.7. The molecular weight excluding hydrogens is 248 g/mol. The number of carbonyl (C=O) groups excluding carboxylic acids is 2. The SMILES string of the molecule is CCC(CC)(CNC(=O)C1(C(=O)NC)CC1)C(=O)O. The largest absolute Gasteiger partial charge is 0.481 e. The molecule has 0 radical (unpaired) electrons. The van der Waals surface area contributed by atoms with Crippen LogP contribution in [-0.4, -0.2) is 36.5 Å². The highest BCUT2D eigenvalue weighted by Crippen LogP contribution is 2.46. The van der Waals surface area contributed by atoms with Crippen LogP contribution in [0.25, 0.3) is 0 Å². The molecule has 0 bridgehead atoms. The van der Waals surface area contributed by atoms with Crippen LogP contribution in [0.15, 0.2) is 0 Å². The van der Waals surface area contributed by atoms with E-state index >= 15 is 0 Å². The molecular formula is C13H22N2O4. The number of rotatable bonds is 7. The van der Waals surface area contributed by atoms with Gasteiger partial charge in [0.25, 0.3) is 0 Å². The molecule has 2 amide bonds. The summed E-state index contributed by atoms with van der Waals surface area (Å²) in [5, 5.41) is 14.4. The van der Waals surface area contributed by atoms with Crippen molar-refractivity contribution in [2.45, 2.75) is 39.5 Å². The molecule has 0 aromatic rings. The number of nitrogens with one attached hydrogen (secondary N) is 2. The van der Waals surface area contributed by atoms with Gasteiger partial charge in [-0.1, -0.05) is 13.8 Å². The number of hydrogen-bond donors (Lipinski definition) is 3. The summed E-state index contributed by atoms with van der Waals surface area (Å²) in [6, 6.07) is 0. The third-order valence-electron chi connectivity index (χ3n) is 4.24. The molecule has 19 heavy (non-hydrogen) atoms. The van der Waals surface area contributed by atoms with E-state index in [4.69, 9.17) is 0 Å². The number of carboxylic acids is 1. The van der Waals surface area contributed by atoms with E-state index < -0.39 is 16.8 Å². The van der Waals surface area contributed by atoms with E-state index in [1.165, 1.54) is 7.05 Å². The Morgan fingerprint density at radius 1 is 1.16 bits per heavy atom. The number of hydrogen-bond acceptors (Lipinski definition) is 3. The molecule has 1 rings (SSSR count). The topological polar surface area (TPSA) is 95.5 Å². The second-order valence-corrected chi connectivity index (χ2v) is 5.14. The average Bonchev–Trinajstić information content (AvgIpc) is 3.20. The van der Waals surface area contributed by atoms with Gasteiger partial charge in [0.2, 0.25) is 11.8 Å². The first-order valence-corrected chi connectivity index (χ1v) is 6.62. The predicted octanol–water partition coefficient (Wildman–Crippen LogP) is 0.520. The maximum absolute atomic E-state index is 12.1. The first-order valence-electron chi connectivity index (χ1n) is 6.62. The Morgan fingerprint density at radius 3 is 2.00 bits per heavy atom. The molecule has 3 N–H and O–H groups in total. The molecule has 0 spiro atoms. The van der Waals surface area contributed by atoms with Crippen LogP contribution < -0.4 is 10.6 Å². The summed E-state index contributed by atoms with van der Waals surface area (Å²) in [4.78, 5) is 35.0. The normalized spacial score (nSPS) is 16.6. The summed E-state index contributed by atoms with van der Waals surface area (Å²) in [6.45, 7) is 3.64. The second kappa shape index (κ2) is 5.59. The summed E-state index contributed by atoms with van der Waals surface area (Å²) in [5.41, 5.74) is -1.92. The minimum Gasteiger partial charge on any atom is -0.481 e. The molecule has 0 aliphatic heterocycles. The lowest BCUT2D eigenvalue weighted by Crippen LogP contribution is -2.47. The van der Waals surface area contributed by atoms with Gasteiger partial charge in [-0.05, 0) is 25.7 Å². The van der Waals surface area contributed by atoms with Gasteiger partial charge in [0, 0.05) is 13.6 Å². The molecule has 108 valence electrons. The first-order chi connectivity index (χ1) is 8.88. The molecule has 0 aromatic heterocycles. The van der Waals surface area contributed by atoms with Crippen molar-refractivity contribution in [3.8, 4) is 0 Å². The van der Waals surface area contributed by atoms with Crippen molar-refractivity contribution in [2.24, 2.45) is 10.8 Å². The van der Waals surface area contributed by atoms with Crippen molar-refractivity contribution < 1.29 is 19.5 Å². The van der Waals surface area contributed by atoms with E-state index in [1.54, 1.807) is 13.8 Å². The summed E-state index contributed by atoms with van der Waals surface area (Å²) in [6.07, 6.45) is 1.92. The van der Waals surface area contributed by atoms with Crippen LogP contribution in [0, 0.1) is 10.8 Å². The summed E-state index contributed by atoms with van der Waals surface area (Å²) in [7, 11) is 1.50. The van der Waals surface area contributed by atoms with Crippen molar-refractivity contribution in [3.05, 3.63) is 0 Å². The number of aliphatic carboxylic acids is 1. The lowest BCUT2D eigenvalue weighted by Gasteiger charge is -2.27. The van der Waals surface area contributed by atoms with Crippen molar-refractivity contribution in [1.82, 2.24) is 10.6 Å². The fourth-order valence-electron chi connectivity index (χ4n) is 2.22. The average molecular weight is 270 g/mol. The number of carbonyl (C=O) groups is 3. The molecule has 6 heteroatoms. The quantitative estimate of drug-likeness (QED) is 0.588. The van der Waals surface area contributed by atoms with E-state index in [0.29, 0.717) is 25.7 Å². The van der Waals surface area contributed by atoms with E-state index in [2.05, 4.69) is 10.6 Å². The van der Waals surface area contributed by atoms with Crippen LogP contribution >= 0.6 is 0 Å². The monoisotopic (exact) mass is 270 g/mol. The van der Waals surface area contributed by atoms with E-state index in [9.17, 15) is 19.5 Å². The fourth-order valence-corrected chi connectivity index (χ4v) is 2.22. The van der Waals surface area contributed by atoms with Crippen molar-refractivity contribution in [1.29, 1.82) is 0 Å². The third kappa shape index (κ3) is 2.72. The summed E-state index contributed by atoms with van der Waals surface area (Å²) >= 11 is 0. The minimum atomic E-state index is -0.972. The smallest absolute Gasteiger partial charge is 0.311 e. The zero-order chi connectivity index (χ0) is 14.7. The van der Waals surface area contributed by atoms with Gasteiger partial charge in [0.05, 0.1) is 5.41 Å². The van der Waals surface area contributed by atoms with Crippen LogP contribution in [-0.2, 0) is 14.4 Å². The second-order valence-electron chi connectivity index (χ2n) is 5.14. The highest BCUT2D eigenvalue weighted by atomic mass is 16.4. The molecule has 1 aliphatic carbocycles. The maximum atomic E-state index is 12.1. The number of carboxylic acid groups (broad SMARTS) is 1. The molecule has 0 aromatic carbocycles. The highest BCUT2D eigenvalue weighted by Gasteiger charge is 2.56. The molecule has 1 aliphatic rings. The van der Waals surface area contributed by atoms with Gasteiger partial charge in [-0.15, -0.1) is 0 Å². The Hall–Kier alpha value is -1.59. The van der Waals surface area contributed by atoms with Crippen LogP contribution in [0.3, 0.4) is 0 Å². The van der Waals surface area contributed by atoms with E-state index in [1.807, 2.05) is 0 Å². The molecule has 0 atom stereocenters. The lowest BCUT2D eigenvalue weighted by atomic mass is 9.82. The Balaban J connectivity index is 2.69. The van der Waals surface area contributed by atoms with Gasteiger partial charge >= 0.3 is 5.97 Å². The van der Waals surface area contributed by atoms with Gasteiger partial charge in [-0.2, -0.15) is 0 Å². The highest BCUT2D eigenvalue weighted by molar-refractivity contribution is 6.07. The molecule has 0 heterocycles. The minimum absolute atomic E-state index is 0.0624. The fraction of sp³-hybridized carbons (Fsp3) is 0.769. The van der Waals surface area contributed by atoms with Gasteiger partial charge in [0.1, 0.15) is 5.41 Å². The Bertz CT molecular complexity index is 384. The first kappa shape index (κ1) is 15.5. The molecule has 1 saturated carbocycles. The van der Waals surface area contributed by atoms with Gasteiger partial charge in [-0.3, -0.25) is 14.4 Å². The predicted molar refractivity (Wildman–Crippen MR) is 69.4 cm³/mol. The van der Waals surface area contributed by atoms with E-state index in [-0.39, 0.29) is 18.4 Å². The van der Waals surface area contributed by atoms with Crippen molar-refractivity contribution in [3.63, 3.8) is 0 Å². The van der Waals surface area contributed by atoms with Crippen LogP contribution in [0.4, 0.5) is 0 Å². The van der Waals surface area contributed by atoms with Gasteiger partial charge in [-0.25, -0.2) is 0 Å². The Labute approximate surface area is 112 Å². The molecule has 6 nitrogen and oxygen atoms in total. The van der Waals surface area contributed by atoms with Gasteiger partial charge < -0.3 is 15.7 Å². The summed E-state index contributed by atoms with van der Waals surface area (Å²) < 4.78 is 0. The van der Waals surface area contributed by atoms with Crippen molar-refractivity contribution >= 4 is 17.8 Å². The lowest BCUT2D eigenvalue weighted by molar-refractivity contribution is -0.149. The van der Waals surface area contributed by atoms with Gasteiger partial charge in [0.15, 0.2) is 0 Å². The molecule has 0 unspecified atom stereocenters. The standard InChI is InChI=1S/C13H22N2O4/c1-4-12(5-2,11(18)19)8-15-10(17)13(6-7-13)9(16)14-3/h4-8H2,1-3H3,(H,14,16)(H,15,17)(H,18,19). The van der Waals surface area contributed by atoms with E-state index in [0.717, 1.165) is 0 Å².